The lowest BCUT2D eigenvalue weighted by Crippen LogP contribution is -2.06. The van der Waals surface area contributed by atoms with Crippen LogP contribution in [0.5, 0.6) is 0 Å². The summed E-state index contributed by atoms with van der Waals surface area (Å²) < 4.78 is 1.70. The third-order valence-electron chi connectivity index (χ3n) is 2.60. The zero-order chi connectivity index (χ0) is 11.5. The van der Waals surface area contributed by atoms with Crippen molar-refractivity contribution >= 4 is 5.78 Å². The highest BCUT2D eigenvalue weighted by Gasteiger charge is 2.13. The molecule has 0 unspecified atom stereocenters. The SMILES string of the molecule is Cc1c(C(=O)Cc2ccccn2)cnn1C. The predicted molar refractivity (Wildman–Crippen MR) is 60.2 cm³/mol. The number of Topliss-reactive ketones (excluding diaryl/α,β-unsaturated/α-hetero) is 1. The van der Waals surface area contributed by atoms with E-state index < -0.39 is 0 Å². The molecule has 2 aromatic heterocycles. The molecular formula is C12H13N3O. The first-order valence-corrected chi connectivity index (χ1v) is 5.10. The Morgan fingerprint density at radius 1 is 1.44 bits per heavy atom. The van der Waals surface area contributed by atoms with E-state index >= 15 is 0 Å². The molecule has 0 atom stereocenters. The molecule has 0 saturated heterocycles. The average Bonchev–Trinajstić information content (AvgIpc) is 2.61. The third-order valence-corrected chi connectivity index (χ3v) is 2.60. The maximum Gasteiger partial charge on any atom is 0.172 e. The van der Waals surface area contributed by atoms with E-state index in [0.29, 0.717) is 12.0 Å². The Balaban J connectivity index is 2.18. The Kier molecular flexibility index (Phi) is 2.81. The monoisotopic (exact) mass is 215 g/mol. The number of rotatable bonds is 3. The number of hydrogen-bond donors (Lipinski definition) is 0. The van der Waals surface area contributed by atoms with Gasteiger partial charge in [-0.05, 0) is 19.1 Å². The summed E-state index contributed by atoms with van der Waals surface area (Å²) in [7, 11) is 1.83. The van der Waals surface area contributed by atoms with Crippen LogP contribution in [0.25, 0.3) is 0 Å². The molecule has 2 heterocycles. The van der Waals surface area contributed by atoms with E-state index in [0.717, 1.165) is 11.4 Å². The molecule has 82 valence electrons. The second kappa shape index (κ2) is 4.26. The molecule has 16 heavy (non-hydrogen) atoms. The molecule has 0 saturated carbocycles. The van der Waals surface area contributed by atoms with Crippen LogP contribution >= 0.6 is 0 Å². The minimum Gasteiger partial charge on any atom is -0.294 e. The molecule has 2 aromatic rings. The van der Waals surface area contributed by atoms with Gasteiger partial charge in [0, 0.05) is 24.6 Å². The fourth-order valence-electron chi connectivity index (χ4n) is 1.53. The van der Waals surface area contributed by atoms with Gasteiger partial charge in [-0.15, -0.1) is 0 Å². The summed E-state index contributed by atoms with van der Waals surface area (Å²) in [5.74, 6) is 0.0595. The number of ketones is 1. The summed E-state index contributed by atoms with van der Waals surface area (Å²) >= 11 is 0. The molecule has 0 aliphatic heterocycles. The van der Waals surface area contributed by atoms with Crippen molar-refractivity contribution in [1.82, 2.24) is 14.8 Å². The van der Waals surface area contributed by atoms with E-state index in [4.69, 9.17) is 0 Å². The number of carbonyl (C=O) groups is 1. The fraction of sp³-hybridized carbons (Fsp3) is 0.250. The topological polar surface area (TPSA) is 47.8 Å². The zero-order valence-corrected chi connectivity index (χ0v) is 9.34. The number of hydrogen-bond acceptors (Lipinski definition) is 3. The Morgan fingerprint density at radius 2 is 2.25 bits per heavy atom. The van der Waals surface area contributed by atoms with E-state index in [-0.39, 0.29) is 5.78 Å². The number of aromatic nitrogens is 3. The number of nitrogens with zero attached hydrogens (tertiary/aromatic N) is 3. The largest absolute Gasteiger partial charge is 0.294 e. The van der Waals surface area contributed by atoms with Gasteiger partial charge in [-0.2, -0.15) is 5.10 Å². The van der Waals surface area contributed by atoms with Gasteiger partial charge >= 0.3 is 0 Å². The molecule has 0 bridgehead atoms. The molecule has 4 heteroatoms. The molecule has 0 amide bonds. The normalized spacial score (nSPS) is 10.4. The van der Waals surface area contributed by atoms with Crippen molar-refractivity contribution < 1.29 is 4.79 Å². The molecule has 4 nitrogen and oxygen atoms in total. The molecule has 0 aromatic carbocycles. The van der Waals surface area contributed by atoms with Crippen LogP contribution < -0.4 is 0 Å². The van der Waals surface area contributed by atoms with Crippen LogP contribution in [0, 0.1) is 6.92 Å². The van der Waals surface area contributed by atoms with Crippen LogP contribution in [-0.4, -0.2) is 20.5 Å². The number of pyridine rings is 1. The molecular weight excluding hydrogens is 202 g/mol. The van der Waals surface area contributed by atoms with Crippen molar-refractivity contribution in [3.63, 3.8) is 0 Å². The number of aryl methyl sites for hydroxylation is 1. The van der Waals surface area contributed by atoms with Gasteiger partial charge in [0.25, 0.3) is 0 Å². The molecule has 0 spiro atoms. The summed E-state index contributed by atoms with van der Waals surface area (Å²) in [5, 5.41) is 4.05. The lowest BCUT2D eigenvalue weighted by molar-refractivity contribution is 0.0991. The van der Waals surface area contributed by atoms with Gasteiger partial charge in [-0.25, -0.2) is 0 Å². The lowest BCUT2D eigenvalue weighted by atomic mass is 10.1. The van der Waals surface area contributed by atoms with Crippen molar-refractivity contribution in [3.05, 3.63) is 47.5 Å². The number of carbonyl (C=O) groups excluding carboxylic acids is 1. The Hall–Kier alpha value is -1.97. The van der Waals surface area contributed by atoms with Crippen LogP contribution in [0.3, 0.4) is 0 Å². The second-order valence-electron chi connectivity index (χ2n) is 3.69. The van der Waals surface area contributed by atoms with Gasteiger partial charge in [0.15, 0.2) is 5.78 Å². The van der Waals surface area contributed by atoms with Crippen molar-refractivity contribution in [2.24, 2.45) is 7.05 Å². The summed E-state index contributed by atoms with van der Waals surface area (Å²) in [4.78, 5) is 16.1. The van der Waals surface area contributed by atoms with Gasteiger partial charge < -0.3 is 0 Å². The van der Waals surface area contributed by atoms with E-state index in [2.05, 4.69) is 10.1 Å². The third kappa shape index (κ3) is 2.00. The molecule has 0 aliphatic rings. The summed E-state index contributed by atoms with van der Waals surface area (Å²) in [6.45, 7) is 1.89. The molecule has 0 aliphatic carbocycles. The lowest BCUT2D eigenvalue weighted by Gasteiger charge is -2.00. The molecule has 0 N–H and O–H groups in total. The Morgan fingerprint density at radius 3 is 2.81 bits per heavy atom. The standard InChI is InChI=1S/C12H13N3O/c1-9-11(8-14-15(9)2)12(16)7-10-5-3-4-6-13-10/h3-6,8H,7H2,1-2H3. The minimum absolute atomic E-state index is 0.0595. The van der Waals surface area contributed by atoms with E-state index in [1.54, 1.807) is 17.1 Å². The fourth-order valence-corrected chi connectivity index (χ4v) is 1.53. The average molecular weight is 215 g/mol. The van der Waals surface area contributed by atoms with Crippen LogP contribution in [0.15, 0.2) is 30.6 Å². The second-order valence-corrected chi connectivity index (χ2v) is 3.69. The first-order valence-electron chi connectivity index (χ1n) is 5.10. The van der Waals surface area contributed by atoms with E-state index in [1.165, 1.54) is 0 Å². The maximum absolute atomic E-state index is 12.0. The Bertz CT molecular complexity index is 502. The Labute approximate surface area is 93.9 Å². The predicted octanol–water partition coefficient (Wildman–Crippen LogP) is 1.55. The van der Waals surface area contributed by atoms with Crippen molar-refractivity contribution in [3.8, 4) is 0 Å². The van der Waals surface area contributed by atoms with E-state index in [9.17, 15) is 4.79 Å². The van der Waals surface area contributed by atoms with E-state index in [1.807, 2.05) is 32.2 Å². The van der Waals surface area contributed by atoms with Crippen molar-refractivity contribution in [2.75, 3.05) is 0 Å². The van der Waals surface area contributed by atoms with Gasteiger partial charge in [0.2, 0.25) is 0 Å². The van der Waals surface area contributed by atoms with Crippen LogP contribution in [0.1, 0.15) is 21.7 Å². The van der Waals surface area contributed by atoms with Gasteiger partial charge in [0.1, 0.15) is 0 Å². The zero-order valence-electron chi connectivity index (χ0n) is 9.34. The maximum atomic E-state index is 12.0. The van der Waals surface area contributed by atoms with Gasteiger partial charge in [-0.1, -0.05) is 6.07 Å². The van der Waals surface area contributed by atoms with Gasteiger partial charge in [-0.3, -0.25) is 14.5 Å². The van der Waals surface area contributed by atoms with Crippen LogP contribution in [0.4, 0.5) is 0 Å². The quantitative estimate of drug-likeness (QED) is 0.730. The summed E-state index contributed by atoms with van der Waals surface area (Å²) in [5.41, 5.74) is 2.35. The highest BCUT2D eigenvalue weighted by Crippen LogP contribution is 2.09. The van der Waals surface area contributed by atoms with Crippen LogP contribution in [0.2, 0.25) is 0 Å². The molecule has 0 radical (unpaired) electrons. The van der Waals surface area contributed by atoms with Crippen molar-refractivity contribution in [1.29, 1.82) is 0 Å². The minimum atomic E-state index is 0.0595. The van der Waals surface area contributed by atoms with Crippen molar-refractivity contribution in [2.45, 2.75) is 13.3 Å². The first-order chi connectivity index (χ1) is 7.68. The molecule has 2 rings (SSSR count). The highest BCUT2D eigenvalue weighted by molar-refractivity contribution is 5.98. The van der Waals surface area contributed by atoms with Gasteiger partial charge in [0.05, 0.1) is 18.2 Å². The highest BCUT2D eigenvalue weighted by atomic mass is 16.1. The smallest absolute Gasteiger partial charge is 0.172 e. The summed E-state index contributed by atoms with van der Waals surface area (Å²) in [6, 6.07) is 5.57. The molecule has 0 fully saturated rings. The summed E-state index contributed by atoms with van der Waals surface area (Å²) in [6.07, 6.45) is 3.63. The first kappa shape index (κ1) is 10.5. The van der Waals surface area contributed by atoms with Crippen LogP contribution in [-0.2, 0) is 13.5 Å².